The Hall–Kier alpha value is -1.40. The maximum Gasteiger partial charge on any atom is 0.175 e. The van der Waals surface area contributed by atoms with Crippen molar-refractivity contribution in [1.29, 1.82) is 0 Å². The van der Waals surface area contributed by atoms with Gasteiger partial charge in [0, 0.05) is 12.9 Å². The number of sulfone groups is 1. The van der Waals surface area contributed by atoms with Gasteiger partial charge in [-0.25, -0.2) is 13.4 Å². The number of rotatable bonds is 2. The number of H-pyrrole nitrogens is 1. The summed E-state index contributed by atoms with van der Waals surface area (Å²) in [5.74, 6) is 1.21. The SMILES string of the molecule is CC1CCOC1c1nc2ccc(S(C)(=O)=O)cc2[nH]1. The predicted octanol–water partition coefficient (Wildman–Crippen LogP) is 2.06. The number of aromatic amines is 1. The van der Waals surface area contributed by atoms with Gasteiger partial charge in [-0.2, -0.15) is 0 Å². The van der Waals surface area contributed by atoms with Gasteiger partial charge in [0.15, 0.2) is 9.84 Å². The van der Waals surface area contributed by atoms with Crippen LogP contribution in [0.3, 0.4) is 0 Å². The molecule has 2 unspecified atom stereocenters. The molecule has 6 heteroatoms. The van der Waals surface area contributed by atoms with E-state index in [2.05, 4.69) is 16.9 Å². The fourth-order valence-electron chi connectivity index (χ4n) is 2.42. The van der Waals surface area contributed by atoms with Crippen molar-refractivity contribution in [1.82, 2.24) is 9.97 Å². The molecule has 0 radical (unpaired) electrons. The highest BCUT2D eigenvalue weighted by Gasteiger charge is 2.28. The van der Waals surface area contributed by atoms with Crippen LogP contribution in [0.5, 0.6) is 0 Å². The van der Waals surface area contributed by atoms with Crippen LogP contribution in [-0.2, 0) is 14.6 Å². The van der Waals surface area contributed by atoms with E-state index in [1.54, 1.807) is 18.2 Å². The van der Waals surface area contributed by atoms with Crippen molar-refractivity contribution < 1.29 is 13.2 Å². The summed E-state index contributed by atoms with van der Waals surface area (Å²) in [6, 6.07) is 4.94. The van der Waals surface area contributed by atoms with Gasteiger partial charge in [0.05, 0.1) is 15.9 Å². The largest absolute Gasteiger partial charge is 0.370 e. The summed E-state index contributed by atoms with van der Waals surface area (Å²) in [6.07, 6.45) is 2.21. The van der Waals surface area contributed by atoms with E-state index in [1.165, 1.54) is 6.26 Å². The van der Waals surface area contributed by atoms with Crippen LogP contribution in [0.1, 0.15) is 25.3 Å². The van der Waals surface area contributed by atoms with Gasteiger partial charge in [0.25, 0.3) is 0 Å². The molecule has 1 aromatic carbocycles. The van der Waals surface area contributed by atoms with Crippen molar-refractivity contribution in [3.63, 3.8) is 0 Å². The third-order valence-corrected chi connectivity index (χ3v) is 4.67. The third kappa shape index (κ3) is 2.26. The first kappa shape index (κ1) is 12.6. The second-order valence-corrected chi connectivity index (χ2v) is 7.15. The molecular weight excluding hydrogens is 264 g/mol. The Bertz CT molecular complexity index is 721. The molecule has 0 bridgehead atoms. The molecule has 0 amide bonds. The highest BCUT2D eigenvalue weighted by molar-refractivity contribution is 7.90. The fraction of sp³-hybridized carbons (Fsp3) is 0.462. The molecule has 2 atom stereocenters. The average Bonchev–Trinajstić information content (AvgIpc) is 2.91. The normalized spacial score (nSPS) is 24.1. The molecule has 0 aliphatic carbocycles. The number of aromatic nitrogens is 2. The van der Waals surface area contributed by atoms with Crippen molar-refractivity contribution in [3.05, 3.63) is 24.0 Å². The smallest absolute Gasteiger partial charge is 0.175 e. The maximum absolute atomic E-state index is 11.5. The Balaban J connectivity index is 2.06. The number of fused-ring (bicyclic) bond motifs is 1. The zero-order valence-electron chi connectivity index (χ0n) is 10.9. The van der Waals surface area contributed by atoms with Gasteiger partial charge in [0.2, 0.25) is 0 Å². The number of hydrogen-bond acceptors (Lipinski definition) is 4. The zero-order valence-corrected chi connectivity index (χ0v) is 11.7. The minimum absolute atomic E-state index is 0.0194. The minimum atomic E-state index is -3.19. The Morgan fingerprint density at radius 3 is 2.84 bits per heavy atom. The van der Waals surface area contributed by atoms with Crippen LogP contribution in [0.25, 0.3) is 11.0 Å². The van der Waals surface area contributed by atoms with Gasteiger partial charge >= 0.3 is 0 Å². The van der Waals surface area contributed by atoms with E-state index in [0.717, 1.165) is 29.9 Å². The van der Waals surface area contributed by atoms with E-state index in [9.17, 15) is 8.42 Å². The summed E-state index contributed by atoms with van der Waals surface area (Å²) in [5, 5.41) is 0. The number of ether oxygens (including phenoxy) is 1. The lowest BCUT2D eigenvalue weighted by molar-refractivity contribution is 0.0883. The molecule has 5 nitrogen and oxygen atoms in total. The lowest BCUT2D eigenvalue weighted by atomic mass is 10.0. The molecule has 1 aliphatic rings. The summed E-state index contributed by atoms with van der Waals surface area (Å²) < 4.78 is 28.7. The molecule has 1 saturated heterocycles. The molecule has 1 aliphatic heterocycles. The number of imidazole rings is 1. The van der Waals surface area contributed by atoms with Crippen molar-refractivity contribution in [2.24, 2.45) is 5.92 Å². The molecule has 2 aromatic rings. The molecule has 102 valence electrons. The quantitative estimate of drug-likeness (QED) is 0.914. The standard InChI is InChI=1S/C13H16N2O3S/c1-8-5-6-18-12(8)13-14-10-4-3-9(19(2,16)17)7-11(10)15-13/h3-4,7-8,12H,5-6H2,1-2H3,(H,14,15). The first-order valence-electron chi connectivity index (χ1n) is 6.26. The van der Waals surface area contributed by atoms with Crippen LogP contribution in [-0.4, -0.2) is 31.2 Å². The topological polar surface area (TPSA) is 72.0 Å². The molecule has 0 saturated carbocycles. The molecule has 3 rings (SSSR count). The van der Waals surface area contributed by atoms with Crippen molar-refractivity contribution in [3.8, 4) is 0 Å². The second-order valence-electron chi connectivity index (χ2n) is 5.13. The van der Waals surface area contributed by atoms with Gasteiger partial charge in [0.1, 0.15) is 11.9 Å². The Morgan fingerprint density at radius 1 is 1.42 bits per heavy atom. The summed E-state index contributed by atoms with van der Waals surface area (Å²) in [5.41, 5.74) is 1.51. The zero-order chi connectivity index (χ0) is 13.6. The van der Waals surface area contributed by atoms with Crippen LogP contribution in [0.4, 0.5) is 0 Å². The molecule has 1 N–H and O–H groups in total. The first-order chi connectivity index (χ1) is 8.95. The van der Waals surface area contributed by atoms with E-state index in [4.69, 9.17) is 4.74 Å². The van der Waals surface area contributed by atoms with Gasteiger partial charge in [-0.05, 0) is 30.5 Å². The van der Waals surface area contributed by atoms with Crippen LogP contribution in [0, 0.1) is 5.92 Å². The lowest BCUT2D eigenvalue weighted by Gasteiger charge is -2.10. The summed E-state index contributed by atoms with van der Waals surface area (Å²) >= 11 is 0. The third-order valence-electron chi connectivity index (χ3n) is 3.56. The highest BCUT2D eigenvalue weighted by Crippen LogP contribution is 2.33. The van der Waals surface area contributed by atoms with Crippen molar-refractivity contribution in [2.75, 3.05) is 12.9 Å². The van der Waals surface area contributed by atoms with Gasteiger partial charge in [-0.15, -0.1) is 0 Å². The summed E-state index contributed by atoms with van der Waals surface area (Å²) in [6.45, 7) is 2.88. The monoisotopic (exact) mass is 280 g/mol. The van der Waals surface area contributed by atoms with Gasteiger partial charge < -0.3 is 9.72 Å². The summed E-state index contributed by atoms with van der Waals surface area (Å²) in [7, 11) is -3.19. The van der Waals surface area contributed by atoms with Gasteiger partial charge in [-0.3, -0.25) is 0 Å². The highest BCUT2D eigenvalue weighted by atomic mass is 32.2. The number of benzene rings is 1. The number of nitrogens with one attached hydrogen (secondary N) is 1. The first-order valence-corrected chi connectivity index (χ1v) is 8.15. The minimum Gasteiger partial charge on any atom is -0.370 e. The fourth-order valence-corrected chi connectivity index (χ4v) is 3.07. The Labute approximate surface area is 111 Å². The molecule has 2 heterocycles. The molecular formula is C13H16N2O3S. The molecule has 19 heavy (non-hydrogen) atoms. The predicted molar refractivity (Wildman–Crippen MR) is 71.7 cm³/mol. The van der Waals surface area contributed by atoms with Crippen LogP contribution < -0.4 is 0 Å². The van der Waals surface area contributed by atoms with E-state index in [1.807, 2.05) is 0 Å². The van der Waals surface area contributed by atoms with E-state index < -0.39 is 9.84 Å². The molecule has 1 fully saturated rings. The molecule has 0 spiro atoms. The maximum atomic E-state index is 11.5. The number of nitrogens with zero attached hydrogens (tertiary/aromatic N) is 1. The number of hydrogen-bond donors (Lipinski definition) is 1. The van der Waals surface area contributed by atoms with Crippen LogP contribution in [0.15, 0.2) is 23.1 Å². The second kappa shape index (κ2) is 4.31. The van der Waals surface area contributed by atoms with Gasteiger partial charge in [-0.1, -0.05) is 6.92 Å². The van der Waals surface area contributed by atoms with Crippen LogP contribution >= 0.6 is 0 Å². The Morgan fingerprint density at radius 2 is 2.21 bits per heavy atom. The lowest BCUT2D eigenvalue weighted by Crippen LogP contribution is -2.05. The van der Waals surface area contributed by atoms with E-state index >= 15 is 0 Å². The van der Waals surface area contributed by atoms with E-state index in [0.29, 0.717) is 10.8 Å². The molecule has 1 aromatic heterocycles. The van der Waals surface area contributed by atoms with Crippen molar-refractivity contribution >= 4 is 20.9 Å². The van der Waals surface area contributed by atoms with E-state index in [-0.39, 0.29) is 6.10 Å². The summed E-state index contributed by atoms with van der Waals surface area (Å²) in [4.78, 5) is 7.97. The average molecular weight is 280 g/mol. The Kier molecular flexibility index (Phi) is 2.87. The van der Waals surface area contributed by atoms with Crippen molar-refractivity contribution in [2.45, 2.75) is 24.3 Å². The van der Waals surface area contributed by atoms with Crippen LogP contribution in [0.2, 0.25) is 0 Å².